The van der Waals surface area contributed by atoms with Gasteiger partial charge in [0.05, 0.1) is 12.2 Å². The van der Waals surface area contributed by atoms with Crippen LogP contribution in [0.25, 0.3) is 11.1 Å². The number of hydrogen-bond acceptors (Lipinski definition) is 2. The minimum absolute atomic E-state index is 0.200. The van der Waals surface area contributed by atoms with E-state index >= 15 is 0 Å². The Labute approximate surface area is 145 Å². The number of benzene rings is 2. The molecular formula is C22H28O2. The summed E-state index contributed by atoms with van der Waals surface area (Å²) < 4.78 is 12.0. The first-order valence-electron chi connectivity index (χ1n) is 9.16. The first kappa shape index (κ1) is 16.9. The van der Waals surface area contributed by atoms with Crippen molar-refractivity contribution in [3.05, 3.63) is 48.0 Å². The predicted molar refractivity (Wildman–Crippen MR) is 99.9 cm³/mol. The van der Waals surface area contributed by atoms with Crippen LogP contribution in [0, 0.1) is 6.92 Å². The molecule has 1 aliphatic carbocycles. The average molecular weight is 324 g/mol. The Morgan fingerprint density at radius 3 is 2.21 bits per heavy atom. The van der Waals surface area contributed by atoms with Crippen molar-refractivity contribution in [1.29, 1.82) is 0 Å². The average Bonchev–Trinajstić information content (AvgIpc) is 2.58. The quantitative estimate of drug-likeness (QED) is 0.655. The maximum absolute atomic E-state index is 6.30. The van der Waals surface area contributed by atoms with Crippen LogP contribution in [0.1, 0.15) is 51.5 Å². The first-order valence-corrected chi connectivity index (χ1v) is 9.16. The van der Waals surface area contributed by atoms with Crippen molar-refractivity contribution < 1.29 is 9.47 Å². The van der Waals surface area contributed by atoms with E-state index in [1.807, 2.05) is 26.0 Å². The molecule has 3 rings (SSSR count). The van der Waals surface area contributed by atoms with Crippen LogP contribution in [0.3, 0.4) is 0 Å². The summed E-state index contributed by atoms with van der Waals surface area (Å²) in [6.07, 6.45) is 6.89. The van der Waals surface area contributed by atoms with E-state index < -0.39 is 0 Å². The lowest BCUT2D eigenvalue weighted by Gasteiger charge is -2.24. The van der Waals surface area contributed by atoms with Crippen molar-refractivity contribution in [3.8, 4) is 22.6 Å². The van der Waals surface area contributed by atoms with Gasteiger partial charge in [-0.25, -0.2) is 0 Å². The summed E-state index contributed by atoms with van der Waals surface area (Å²) in [7, 11) is 0. The molecule has 0 aromatic heterocycles. The van der Waals surface area contributed by atoms with Gasteiger partial charge < -0.3 is 9.47 Å². The van der Waals surface area contributed by atoms with E-state index in [0.29, 0.717) is 6.10 Å². The second-order valence-corrected chi connectivity index (χ2v) is 7.05. The summed E-state index contributed by atoms with van der Waals surface area (Å²) in [5, 5.41) is 0. The molecule has 1 fully saturated rings. The minimum Gasteiger partial charge on any atom is -0.491 e. The van der Waals surface area contributed by atoms with Gasteiger partial charge in [0.25, 0.3) is 0 Å². The minimum atomic E-state index is 0.200. The first-order chi connectivity index (χ1) is 11.6. The van der Waals surface area contributed by atoms with Gasteiger partial charge in [0.1, 0.15) is 11.5 Å². The van der Waals surface area contributed by atoms with Crippen molar-refractivity contribution in [1.82, 2.24) is 0 Å². The monoisotopic (exact) mass is 324 g/mol. The van der Waals surface area contributed by atoms with Crippen LogP contribution in [0.4, 0.5) is 0 Å². The number of rotatable bonds is 5. The van der Waals surface area contributed by atoms with E-state index in [1.54, 1.807) is 0 Å². The number of aryl methyl sites for hydroxylation is 1. The van der Waals surface area contributed by atoms with E-state index in [0.717, 1.165) is 11.5 Å². The molecule has 0 bridgehead atoms. The topological polar surface area (TPSA) is 18.5 Å². The van der Waals surface area contributed by atoms with Crippen LogP contribution in [-0.2, 0) is 0 Å². The molecule has 0 unspecified atom stereocenters. The molecular weight excluding hydrogens is 296 g/mol. The molecule has 2 aromatic carbocycles. The highest BCUT2D eigenvalue weighted by Crippen LogP contribution is 2.31. The SMILES string of the molecule is Cc1ccc(-c2ccc(OC(C)C)cc2)cc1OC1CCCCC1. The van der Waals surface area contributed by atoms with Gasteiger partial charge in [-0.2, -0.15) is 0 Å². The summed E-state index contributed by atoms with van der Waals surface area (Å²) in [4.78, 5) is 0. The molecule has 0 atom stereocenters. The molecule has 24 heavy (non-hydrogen) atoms. The van der Waals surface area contributed by atoms with E-state index in [-0.39, 0.29) is 6.10 Å². The Balaban J connectivity index is 1.77. The molecule has 0 N–H and O–H groups in total. The summed E-state index contributed by atoms with van der Waals surface area (Å²) in [5.74, 6) is 1.95. The fourth-order valence-corrected chi connectivity index (χ4v) is 3.27. The Morgan fingerprint density at radius 1 is 0.875 bits per heavy atom. The number of ether oxygens (including phenoxy) is 2. The van der Waals surface area contributed by atoms with E-state index in [1.165, 1.54) is 48.8 Å². The van der Waals surface area contributed by atoms with Crippen LogP contribution < -0.4 is 9.47 Å². The van der Waals surface area contributed by atoms with Crippen LogP contribution in [-0.4, -0.2) is 12.2 Å². The molecule has 128 valence electrons. The third kappa shape index (κ3) is 4.31. The standard InChI is InChI=1S/C22H28O2/c1-16(2)23-21-13-11-18(12-14-21)19-10-9-17(3)22(15-19)24-20-7-5-4-6-8-20/h9-16,20H,4-8H2,1-3H3. The molecule has 0 aliphatic heterocycles. The molecule has 1 aliphatic rings. The third-order valence-corrected chi connectivity index (χ3v) is 4.59. The van der Waals surface area contributed by atoms with Gasteiger partial charge in [0, 0.05) is 0 Å². The second-order valence-electron chi connectivity index (χ2n) is 7.05. The molecule has 1 saturated carbocycles. The van der Waals surface area contributed by atoms with Crippen LogP contribution >= 0.6 is 0 Å². The highest BCUT2D eigenvalue weighted by atomic mass is 16.5. The fourth-order valence-electron chi connectivity index (χ4n) is 3.27. The highest BCUT2D eigenvalue weighted by molar-refractivity contribution is 5.66. The lowest BCUT2D eigenvalue weighted by Crippen LogP contribution is -2.20. The fraction of sp³-hybridized carbons (Fsp3) is 0.455. The third-order valence-electron chi connectivity index (χ3n) is 4.59. The van der Waals surface area contributed by atoms with E-state index in [2.05, 4.69) is 37.3 Å². The second kappa shape index (κ2) is 7.74. The lowest BCUT2D eigenvalue weighted by molar-refractivity contribution is 0.154. The highest BCUT2D eigenvalue weighted by Gasteiger charge is 2.16. The van der Waals surface area contributed by atoms with Gasteiger partial charge in [-0.1, -0.05) is 30.7 Å². The molecule has 0 radical (unpaired) electrons. The van der Waals surface area contributed by atoms with Gasteiger partial charge in [-0.05, 0) is 81.3 Å². The summed E-state index contributed by atoms with van der Waals surface area (Å²) >= 11 is 0. The van der Waals surface area contributed by atoms with Gasteiger partial charge in [0.15, 0.2) is 0 Å². The Hall–Kier alpha value is -1.96. The zero-order valence-corrected chi connectivity index (χ0v) is 15.0. The van der Waals surface area contributed by atoms with Gasteiger partial charge >= 0.3 is 0 Å². The summed E-state index contributed by atoms with van der Waals surface area (Å²) in [6.45, 7) is 6.22. The smallest absolute Gasteiger partial charge is 0.123 e. The van der Waals surface area contributed by atoms with E-state index in [4.69, 9.17) is 9.47 Å². The van der Waals surface area contributed by atoms with Gasteiger partial charge in [-0.3, -0.25) is 0 Å². The molecule has 0 spiro atoms. The van der Waals surface area contributed by atoms with Gasteiger partial charge in [0.2, 0.25) is 0 Å². The predicted octanol–water partition coefficient (Wildman–Crippen LogP) is 6.16. The van der Waals surface area contributed by atoms with Crippen molar-refractivity contribution >= 4 is 0 Å². The van der Waals surface area contributed by atoms with Crippen molar-refractivity contribution in [3.63, 3.8) is 0 Å². The zero-order chi connectivity index (χ0) is 16.9. The van der Waals surface area contributed by atoms with Crippen molar-refractivity contribution in [2.75, 3.05) is 0 Å². The lowest BCUT2D eigenvalue weighted by atomic mass is 9.97. The molecule has 0 heterocycles. The summed E-state index contributed by atoms with van der Waals surface area (Å²) in [5.41, 5.74) is 3.60. The van der Waals surface area contributed by atoms with Crippen molar-refractivity contribution in [2.45, 2.75) is 65.1 Å². The number of hydrogen-bond donors (Lipinski definition) is 0. The molecule has 2 heteroatoms. The van der Waals surface area contributed by atoms with E-state index in [9.17, 15) is 0 Å². The Bertz CT molecular complexity index is 652. The maximum Gasteiger partial charge on any atom is 0.123 e. The van der Waals surface area contributed by atoms with Crippen LogP contribution in [0.5, 0.6) is 11.5 Å². The maximum atomic E-state index is 6.30. The molecule has 2 nitrogen and oxygen atoms in total. The molecule has 0 amide bonds. The van der Waals surface area contributed by atoms with Gasteiger partial charge in [-0.15, -0.1) is 0 Å². The van der Waals surface area contributed by atoms with Crippen LogP contribution in [0.2, 0.25) is 0 Å². The Morgan fingerprint density at radius 2 is 1.54 bits per heavy atom. The van der Waals surface area contributed by atoms with Crippen LogP contribution in [0.15, 0.2) is 42.5 Å². The molecule has 2 aromatic rings. The molecule has 0 saturated heterocycles. The zero-order valence-electron chi connectivity index (χ0n) is 15.0. The normalized spacial score (nSPS) is 15.5. The Kier molecular flexibility index (Phi) is 5.44. The largest absolute Gasteiger partial charge is 0.491 e. The van der Waals surface area contributed by atoms with Crippen molar-refractivity contribution in [2.24, 2.45) is 0 Å². The summed E-state index contributed by atoms with van der Waals surface area (Å²) in [6, 6.07) is 14.8.